The van der Waals surface area contributed by atoms with Crippen molar-refractivity contribution in [1.29, 1.82) is 5.26 Å². The third-order valence-electron chi connectivity index (χ3n) is 3.61. The van der Waals surface area contributed by atoms with Crippen molar-refractivity contribution < 1.29 is 0 Å². The van der Waals surface area contributed by atoms with Crippen molar-refractivity contribution in [3.05, 3.63) is 58.7 Å². The van der Waals surface area contributed by atoms with E-state index in [1.165, 1.54) is 12.8 Å². The van der Waals surface area contributed by atoms with Crippen LogP contribution in [0, 0.1) is 11.3 Å². The number of halogens is 1. The molecule has 110 valence electrons. The van der Waals surface area contributed by atoms with Crippen molar-refractivity contribution in [3.8, 4) is 17.2 Å². The Balaban J connectivity index is 2.13. The predicted molar refractivity (Wildman–Crippen MR) is 95.0 cm³/mol. The average molecular weight is 371 g/mol. The van der Waals surface area contributed by atoms with Gasteiger partial charge in [-0.2, -0.15) is 5.26 Å². The van der Waals surface area contributed by atoms with E-state index in [0.29, 0.717) is 11.5 Å². The van der Waals surface area contributed by atoms with Gasteiger partial charge in [0.1, 0.15) is 11.1 Å². The summed E-state index contributed by atoms with van der Waals surface area (Å²) in [5, 5.41) is 10.4. The van der Waals surface area contributed by atoms with E-state index in [0.717, 1.165) is 32.1 Å². The molecule has 0 unspecified atom stereocenters. The van der Waals surface area contributed by atoms with Crippen LogP contribution >= 0.6 is 27.7 Å². The number of nitrogens with zero attached hydrogens (tertiary/aromatic N) is 2. The number of rotatable bonds is 5. The molecule has 0 radical (unpaired) electrons. The number of aromatic nitrogens is 1. The van der Waals surface area contributed by atoms with Crippen LogP contribution in [0.2, 0.25) is 0 Å². The van der Waals surface area contributed by atoms with Crippen molar-refractivity contribution in [1.82, 2.24) is 4.98 Å². The Morgan fingerprint density at radius 3 is 2.68 bits per heavy atom. The van der Waals surface area contributed by atoms with Gasteiger partial charge in [0.25, 0.3) is 0 Å². The molecule has 1 saturated carbocycles. The summed E-state index contributed by atoms with van der Waals surface area (Å²) >= 11 is 5.04. The minimum Gasteiger partial charge on any atom is -0.245 e. The molecule has 1 aliphatic carbocycles. The number of pyridine rings is 1. The Labute approximate surface area is 143 Å². The maximum absolute atomic E-state index is 9.62. The maximum Gasteiger partial charge on any atom is 0.115 e. The second-order valence-corrected chi connectivity index (χ2v) is 7.19. The second kappa shape index (κ2) is 6.68. The number of thioether (sulfide) groups is 1. The highest BCUT2D eigenvalue weighted by molar-refractivity contribution is 9.10. The van der Waals surface area contributed by atoms with Crippen molar-refractivity contribution in [2.45, 2.75) is 23.8 Å². The lowest BCUT2D eigenvalue weighted by atomic mass is 10.0. The summed E-state index contributed by atoms with van der Waals surface area (Å²) in [4.78, 5) is 4.73. The molecule has 0 spiro atoms. The molecule has 4 heteroatoms. The minimum atomic E-state index is 0.560. The zero-order chi connectivity index (χ0) is 15.5. The van der Waals surface area contributed by atoms with E-state index in [4.69, 9.17) is 4.98 Å². The van der Waals surface area contributed by atoms with Crippen molar-refractivity contribution in [2.24, 2.45) is 0 Å². The van der Waals surface area contributed by atoms with Gasteiger partial charge < -0.3 is 0 Å². The van der Waals surface area contributed by atoms with Gasteiger partial charge in [0.15, 0.2) is 0 Å². The first kappa shape index (κ1) is 15.3. The second-order valence-electron chi connectivity index (χ2n) is 5.27. The average Bonchev–Trinajstić information content (AvgIpc) is 3.37. The fraction of sp³-hybridized carbons (Fsp3) is 0.222. The first-order chi connectivity index (χ1) is 10.7. The molecule has 22 heavy (non-hydrogen) atoms. The summed E-state index contributed by atoms with van der Waals surface area (Å²) in [5.41, 5.74) is 3.82. The quantitative estimate of drug-likeness (QED) is 0.512. The van der Waals surface area contributed by atoms with Gasteiger partial charge in [-0.15, -0.1) is 18.3 Å². The molecule has 3 rings (SSSR count). The molecule has 1 aromatic heterocycles. The summed E-state index contributed by atoms with van der Waals surface area (Å²) in [6, 6.07) is 12.5. The molecule has 0 amide bonds. The number of nitriles is 1. The van der Waals surface area contributed by atoms with Crippen LogP contribution in [0.5, 0.6) is 0 Å². The SMILES string of the molecule is C=CCSc1nc(C2CC2)cc(-c2ccc(Br)cc2)c1C#N. The van der Waals surface area contributed by atoms with E-state index in [1.807, 2.05) is 30.3 Å². The molecule has 1 fully saturated rings. The molecule has 1 aliphatic rings. The van der Waals surface area contributed by atoms with Crippen LogP contribution in [0.15, 0.2) is 52.5 Å². The van der Waals surface area contributed by atoms with Gasteiger partial charge in [-0.25, -0.2) is 4.98 Å². The number of hydrogen-bond donors (Lipinski definition) is 0. The van der Waals surface area contributed by atoms with Crippen molar-refractivity contribution in [3.63, 3.8) is 0 Å². The zero-order valence-corrected chi connectivity index (χ0v) is 14.5. The summed E-state index contributed by atoms with van der Waals surface area (Å²) in [7, 11) is 0. The molecule has 1 aromatic carbocycles. The molecule has 2 aromatic rings. The largest absolute Gasteiger partial charge is 0.245 e. The topological polar surface area (TPSA) is 36.7 Å². The van der Waals surface area contributed by atoms with Gasteiger partial charge >= 0.3 is 0 Å². The van der Waals surface area contributed by atoms with Gasteiger partial charge in [0.05, 0.1) is 5.56 Å². The first-order valence-corrected chi connectivity index (χ1v) is 8.95. The highest BCUT2D eigenvalue weighted by Gasteiger charge is 2.27. The third-order valence-corrected chi connectivity index (χ3v) is 5.11. The Kier molecular flexibility index (Phi) is 4.66. The lowest BCUT2D eigenvalue weighted by Crippen LogP contribution is -1.97. The van der Waals surface area contributed by atoms with Gasteiger partial charge in [0.2, 0.25) is 0 Å². The van der Waals surface area contributed by atoms with Crippen LogP contribution < -0.4 is 0 Å². The highest BCUT2D eigenvalue weighted by Crippen LogP contribution is 2.42. The van der Waals surface area contributed by atoms with Crippen molar-refractivity contribution in [2.75, 3.05) is 5.75 Å². The third kappa shape index (κ3) is 3.26. The maximum atomic E-state index is 9.62. The Hall–Kier alpha value is -1.57. The summed E-state index contributed by atoms with van der Waals surface area (Å²) in [5.74, 6) is 1.32. The fourth-order valence-corrected chi connectivity index (χ4v) is 3.35. The monoisotopic (exact) mass is 370 g/mol. The lowest BCUT2D eigenvalue weighted by molar-refractivity contribution is 0.956. The zero-order valence-electron chi connectivity index (χ0n) is 12.1. The van der Waals surface area contributed by atoms with Crippen LogP contribution in [0.1, 0.15) is 30.0 Å². The fourth-order valence-electron chi connectivity index (χ4n) is 2.34. The number of hydrogen-bond acceptors (Lipinski definition) is 3. The van der Waals surface area contributed by atoms with Crippen LogP contribution in [-0.2, 0) is 0 Å². The molecule has 0 bridgehead atoms. The lowest BCUT2D eigenvalue weighted by Gasteiger charge is -2.11. The van der Waals surface area contributed by atoms with E-state index in [-0.39, 0.29) is 0 Å². The highest BCUT2D eigenvalue weighted by atomic mass is 79.9. The predicted octanol–water partition coefficient (Wildman–Crippen LogP) is 5.54. The Morgan fingerprint density at radius 1 is 1.36 bits per heavy atom. The van der Waals surface area contributed by atoms with E-state index >= 15 is 0 Å². The van der Waals surface area contributed by atoms with E-state index in [9.17, 15) is 5.26 Å². The Bertz CT molecular complexity index is 743. The first-order valence-electron chi connectivity index (χ1n) is 7.17. The smallest absolute Gasteiger partial charge is 0.115 e. The van der Waals surface area contributed by atoms with Gasteiger partial charge in [-0.3, -0.25) is 0 Å². The molecule has 2 nitrogen and oxygen atoms in total. The normalized spacial score (nSPS) is 13.6. The molecule has 0 atom stereocenters. The van der Waals surface area contributed by atoms with Crippen LogP contribution in [0.25, 0.3) is 11.1 Å². The van der Waals surface area contributed by atoms with Crippen LogP contribution in [0.3, 0.4) is 0 Å². The van der Waals surface area contributed by atoms with Gasteiger partial charge in [0, 0.05) is 27.4 Å². The van der Waals surface area contributed by atoms with Crippen LogP contribution in [-0.4, -0.2) is 10.7 Å². The molecule has 0 N–H and O–H groups in total. The summed E-state index contributed by atoms with van der Waals surface area (Å²) in [6.07, 6.45) is 4.24. The van der Waals surface area contributed by atoms with E-state index in [1.54, 1.807) is 11.8 Å². The molecule has 0 saturated heterocycles. The summed E-state index contributed by atoms with van der Waals surface area (Å²) < 4.78 is 1.03. The molecule has 1 heterocycles. The van der Waals surface area contributed by atoms with Gasteiger partial charge in [-0.1, -0.05) is 34.1 Å². The minimum absolute atomic E-state index is 0.560. The van der Waals surface area contributed by atoms with E-state index < -0.39 is 0 Å². The number of benzene rings is 1. The van der Waals surface area contributed by atoms with Crippen LogP contribution in [0.4, 0.5) is 0 Å². The van der Waals surface area contributed by atoms with Crippen molar-refractivity contribution >= 4 is 27.7 Å². The van der Waals surface area contributed by atoms with E-state index in [2.05, 4.69) is 34.6 Å². The Morgan fingerprint density at radius 2 is 2.09 bits per heavy atom. The molecule has 0 aliphatic heterocycles. The van der Waals surface area contributed by atoms with Gasteiger partial charge in [-0.05, 0) is 36.6 Å². The summed E-state index contributed by atoms with van der Waals surface area (Å²) in [6.45, 7) is 3.75. The standard InChI is InChI=1S/C18H15BrN2S/c1-2-9-22-18-16(11-20)15(10-17(21-18)13-3-4-13)12-5-7-14(19)8-6-12/h2,5-8,10,13H,1,3-4,9H2. The molecular weight excluding hydrogens is 356 g/mol. The molecular formula is C18H15BrN2S.